The summed E-state index contributed by atoms with van der Waals surface area (Å²) in [7, 11) is 0. The van der Waals surface area contributed by atoms with Crippen LogP contribution in [0.5, 0.6) is 0 Å². The van der Waals surface area contributed by atoms with Crippen LogP contribution >= 0.6 is 15.9 Å². The molecule has 0 fully saturated rings. The highest BCUT2D eigenvalue weighted by Crippen LogP contribution is 2.13. The standard InChI is InChI=1S/C13H13BrFNO/c14-7-3-1-2-4-13(17)10-5-6-12(15)11(8-10)9-16/h5-6,8H,1-4,7H2. The first-order valence-electron chi connectivity index (χ1n) is 5.48. The van der Waals surface area contributed by atoms with E-state index in [9.17, 15) is 9.18 Å². The molecule has 0 atom stereocenters. The second-order valence-electron chi connectivity index (χ2n) is 3.73. The van der Waals surface area contributed by atoms with E-state index >= 15 is 0 Å². The van der Waals surface area contributed by atoms with Crippen LogP contribution in [0.2, 0.25) is 0 Å². The zero-order chi connectivity index (χ0) is 12.7. The van der Waals surface area contributed by atoms with Crippen LogP contribution in [0.4, 0.5) is 4.39 Å². The SMILES string of the molecule is N#Cc1cc(C(=O)CCCCCBr)ccc1F. The van der Waals surface area contributed by atoms with Crippen molar-refractivity contribution in [3.63, 3.8) is 0 Å². The Balaban J connectivity index is 2.61. The maximum atomic E-state index is 13.0. The molecule has 0 bridgehead atoms. The molecule has 0 saturated carbocycles. The Morgan fingerprint density at radius 3 is 2.76 bits per heavy atom. The molecule has 0 aliphatic carbocycles. The van der Waals surface area contributed by atoms with Crippen molar-refractivity contribution >= 4 is 21.7 Å². The van der Waals surface area contributed by atoms with Gasteiger partial charge in [0.2, 0.25) is 0 Å². The van der Waals surface area contributed by atoms with E-state index in [1.165, 1.54) is 18.2 Å². The van der Waals surface area contributed by atoms with Gasteiger partial charge in [0.05, 0.1) is 5.56 Å². The predicted octanol–water partition coefficient (Wildman–Crippen LogP) is 3.84. The second-order valence-corrected chi connectivity index (χ2v) is 4.52. The Bertz CT molecular complexity index is 440. The summed E-state index contributed by atoms with van der Waals surface area (Å²) in [5, 5.41) is 9.60. The molecule has 1 aromatic carbocycles. The van der Waals surface area contributed by atoms with Gasteiger partial charge in [0.1, 0.15) is 11.9 Å². The van der Waals surface area contributed by atoms with Crippen molar-refractivity contribution in [2.75, 3.05) is 5.33 Å². The number of hydrogen-bond donors (Lipinski definition) is 0. The topological polar surface area (TPSA) is 40.9 Å². The molecule has 4 heteroatoms. The lowest BCUT2D eigenvalue weighted by molar-refractivity contribution is 0.0979. The summed E-state index contributed by atoms with van der Waals surface area (Å²) >= 11 is 3.33. The van der Waals surface area contributed by atoms with Gasteiger partial charge in [0, 0.05) is 17.3 Å². The fraction of sp³-hybridized carbons (Fsp3) is 0.385. The van der Waals surface area contributed by atoms with Gasteiger partial charge in [-0.05, 0) is 31.0 Å². The summed E-state index contributed by atoms with van der Waals surface area (Å²) < 4.78 is 13.0. The van der Waals surface area contributed by atoms with E-state index in [2.05, 4.69) is 15.9 Å². The van der Waals surface area contributed by atoms with Crippen LogP contribution in [0.25, 0.3) is 0 Å². The van der Waals surface area contributed by atoms with E-state index in [1.807, 2.05) is 0 Å². The van der Waals surface area contributed by atoms with E-state index in [1.54, 1.807) is 6.07 Å². The van der Waals surface area contributed by atoms with E-state index in [0.717, 1.165) is 24.6 Å². The van der Waals surface area contributed by atoms with Crippen molar-refractivity contribution in [1.82, 2.24) is 0 Å². The van der Waals surface area contributed by atoms with Gasteiger partial charge >= 0.3 is 0 Å². The average Bonchev–Trinajstić information content (AvgIpc) is 2.35. The first-order chi connectivity index (χ1) is 8.19. The zero-order valence-corrected chi connectivity index (χ0v) is 11.0. The molecule has 1 rings (SSSR count). The quantitative estimate of drug-likeness (QED) is 0.455. The third-order valence-electron chi connectivity index (χ3n) is 2.45. The Kier molecular flexibility index (Phi) is 5.85. The monoisotopic (exact) mass is 297 g/mol. The van der Waals surface area contributed by atoms with Crippen LogP contribution in [-0.2, 0) is 0 Å². The normalized spacial score (nSPS) is 9.94. The van der Waals surface area contributed by atoms with Gasteiger partial charge in [0.15, 0.2) is 5.78 Å². The van der Waals surface area contributed by atoms with Crippen molar-refractivity contribution in [2.24, 2.45) is 0 Å². The molecule has 0 aromatic heterocycles. The molecule has 0 N–H and O–H groups in total. The van der Waals surface area contributed by atoms with Crippen LogP contribution < -0.4 is 0 Å². The third kappa shape index (κ3) is 4.27. The zero-order valence-electron chi connectivity index (χ0n) is 9.38. The van der Waals surface area contributed by atoms with Crippen LogP contribution in [-0.4, -0.2) is 11.1 Å². The molecular formula is C13H13BrFNO. The van der Waals surface area contributed by atoms with Crippen LogP contribution in [0, 0.1) is 17.1 Å². The molecule has 0 aliphatic heterocycles. The number of hydrogen-bond acceptors (Lipinski definition) is 2. The molecule has 0 unspecified atom stereocenters. The van der Waals surface area contributed by atoms with Gasteiger partial charge in [-0.2, -0.15) is 5.26 Å². The highest BCUT2D eigenvalue weighted by atomic mass is 79.9. The number of carbonyl (C=O) groups is 1. The maximum absolute atomic E-state index is 13.0. The number of nitrogens with zero attached hydrogens (tertiary/aromatic N) is 1. The number of benzene rings is 1. The minimum Gasteiger partial charge on any atom is -0.294 e. The van der Waals surface area contributed by atoms with Gasteiger partial charge in [-0.15, -0.1) is 0 Å². The Labute approximate surface area is 109 Å². The summed E-state index contributed by atoms with van der Waals surface area (Å²) in [6.45, 7) is 0. The number of Topliss-reactive ketones (excluding diaryl/α,β-unsaturated/α-hetero) is 1. The van der Waals surface area contributed by atoms with E-state index < -0.39 is 5.82 Å². The largest absolute Gasteiger partial charge is 0.294 e. The lowest BCUT2D eigenvalue weighted by atomic mass is 10.0. The highest BCUT2D eigenvalue weighted by molar-refractivity contribution is 9.09. The summed E-state index contributed by atoms with van der Waals surface area (Å²) in [5.74, 6) is -0.612. The van der Waals surface area contributed by atoms with Crippen molar-refractivity contribution in [1.29, 1.82) is 5.26 Å². The maximum Gasteiger partial charge on any atom is 0.162 e. The van der Waals surface area contributed by atoms with Crippen molar-refractivity contribution in [2.45, 2.75) is 25.7 Å². The fourth-order valence-electron chi connectivity index (χ4n) is 1.49. The van der Waals surface area contributed by atoms with E-state index in [4.69, 9.17) is 5.26 Å². The third-order valence-corrected chi connectivity index (χ3v) is 3.01. The molecule has 0 heterocycles. The Morgan fingerprint density at radius 1 is 1.35 bits per heavy atom. The minimum absolute atomic E-state index is 0.0314. The average molecular weight is 298 g/mol. The summed E-state index contributed by atoms with van der Waals surface area (Å²) in [6.07, 6.45) is 3.30. The molecule has 0 aliphatic rings. The first kappa shape index (κ1) is 13.9. The van der Waals surface area contributed by atoms with Crippen molar-refractivity contribution in [3.05, 3.63) is 35.1 Å². The molecule has 0 spiro atoms. The second kappa shape index (κ2) is 7.18. The van der Waals surface area contributed by atoms with Gasteiger partial charge in [0.25, 0.3) is 0 Å². The molecule has 0 saturated heterocycles. The molecule has 90 valence electrons. The van der Waals surface area contributed by atoms with Gasteiger partial charge in [-0.25, -0.2) is 4.39 Å². The predicted molar refractivity (Wildman–Crippen MR) is 67.7 cm³/mol. The lowest BCUT2D eigenvalue weighted by Crippen LogP contribution is -2.00. The summed E-state index contributed by atoms with van der Waals surface area (Å²) in [6, 6.07) is 5.66. The smallest absolute Gasteiger partial charge is 0.162 e. The number of nitriles is 1. The minimum atomic E-state index is -0.580. The van der Waals surface area contributed by atoms with E-state index in [-0.39, 0.29) is 11.3 Å². The molecule has 1 aromatic rings. The number of rotatable bonds is 6. The molecule has 0 amide bonds. The van der Waals surface area contributed by atoms with Gasteiger partial charge in [-0.1, -0.05) is 22.4 Å². The van der Waals surface area contributed by atoms with Crippen molar-refractivity contribution in [3.8, 4) is 6.07 Å². The number of halogens is 2. The number of alkyl halides is 1. The molecule has 0 radical (unpaired) electrons. The van der Waals surface area contributed by atoms with Crippen LogP contribution in [0.15, 0.2) is 18.2 Å². The van der Waals surface area contributed by atoms with E-state index in [0.29, 0.717) is 12.0 Å². The Morgan fingerprint density at radius 2 is 2.12 bits per heavy atom. The molecule has 17 heavy (non-hydrogen) atoms. The number of unbranched alkanes of at least 4 members (excludes halogenated alkanes) is 2. The highest BCUT2D eigenvalue weighted by Gasteiger charge is 2.09. The fourth-order valence-corrected chi connectivity index (χ4v) is 1.88. The Hall–Kier alpha value is -1.21. The molecular weight excluding hydrogens is 285 g/mol. The lowest BCUT2D eigenvalue weighted by Gasteiger charge is -2.02. The first-order valence-corrected chi connectivity index (χ1v) is 6.60. The van der Waals surface area contributed by atoms with Crippen LogP contribution in [0.1, 0.15) is 41.6 Å². The summed E-state index contributed by atoms with van der Waals surface area (Å²) in [4.78, 5) is 11.7. The molecule has 2 nitrogen and oxygen atoms in total. The van der Waals surface area contributed by atoms with Crippen LogP contribution in [0.3, 0.4) is 0 Å². The van der Waals surface area contributed by atoms with Gasteiger partial charge < -0.3 is 0 Å². The van der Waals surface area contributed by atoms with Crippen molar-refractivity contribution < 1.29 is 9.18 Å². The number of carbonyl (C=O) groups excluding carboxylic acids is 1. The van der Waals surface area contributed by atoms with Gasteiger partial charge in [-0.3, -0.25) is 4.79 Å². The summed E-state index contributed by atoms with van der Waals surface area (Å²) in [5.41, 5.74) is 0.345. The number of ketones is 1.